The van der Waals surface area contributed by atoms with Crippen LogP contribution in [0.1, 0.15) is 13.8 Å². The molecule has 0 aliphatic carbocycles. The van der Waals surface area contributed by atoms with Crippen molar-refractivity contribution in [2.75, 3.05) is 12.3 Å². The normalized spacial score (nSPS) is 12.2. The number of nitrogens with zero attached hydrogens (tertiary/aromatic N) is 1. The van der Waals surface area contributed by atoms with Crippen LogP contribution in [0.2, 0.25) is 0 Å². The van der Waals surface area contributed by atoms with E-state index in [0.717, 1.165) is 11.0 Å². The van der Waals surface area contributed by atoms with Gasteiger partial charge < -0.3 is 15.8 Å². The second-order valence-electron chi connectivity index (χ2n) is 5.12. The lowest BCUT2D eigenvalue weighted by Crippen LogP contribution is -2.29. The Morgan fingerprint density at radius 2 is 2.18 bits per heavy atom. The smallest absolute Gasteiger partial charge is 0.326 e. The maximum Gasteiger partial charge on any atom is 0.326 e. The van der Waals surface area contributed by atoms with Gasteiger partial charge in [0.2, 0.25) is 0 Å². The fraction of sp³-hybridized carbons (Fsp3) is 0.417. The molecule has 17 heavy (non-hydrogen) atoms. The largest absolute Gasteiger partial charge is 0.399 e. The standard InChI is InChI=1S/C12H17N3O2/c1-12(2,7-16)6-15-10-4-3-8(13)5-9(10)14-11(15)17/h3-5,16H,6-7,13H2,1-2H3,(H,14,17). The Kier molecular flexibility index (Phi) is 2.71. The van der Waals surface area contributed by atoms with E-state index in [-0.39, 0.29) is 17.7 Å². The second-order valence-corrected chi connectivity index (χ2v) is 5.12. The number of imidazole rings is 1. The molecule has 0 bridgehead atoms. The first-order valence-corrected chi connectivity index (χ1v) is 5.52. The highest BCUT2D eigenvalue weighted by Gasteiger charge is 2.20. The van der Waals surface area contributed by atoms with Gasteiger partial charge in [-0.25, -0.2) is 4.79 Å². The molecule has 0 spiro atoms. The van der Waals surface area contributed by atoms with E-state index in [2.05, 4.69) is 4.98 Å². The molecule has 2 aromatic rings. The second kappa shape index (κ2) is 3.92. The molecule has 0 radical (unpaired) electrons. The lowest BCUT2D eigenvalue weighted by Gasteiger charge is -2.21. The minimum absolute atomic E-state index is 0.0289. The number of anilines is 1. The van der Waals surface area contributed by atoms with Gasteiger partial charge in [0.15, 0.2) is 0 Å². The molecular formula is C12H17N3O2. The minimum atomic E-state index is -0.333. The number of fused-ring (bicyclic) bond motifs is 1. The van der Waals surface area contributed by atoms with E-state index in [9.17, 15) is 9.90 Å². The van der Waals surface area contributed by atoms with E-state index >= 15 is 0 Å². The van der Waals surface area contributed by atoms with E-state index < -0.39 is 0 Å². The van der Waals surface area contributed by atoms with Gasteiger partial charge in [0.25, 0.3) is 0 Å². The lowest BCUT2D eigenvalue weighted by atomic mass is 9.95. The first kappa shape index (κ1) is 11.7. The molecule has 0 amide bonds. The Morgan fingerprint density at radius 1 is 1.47 bits per heavy atom. The van der Waals surface area contributed by atoms with Gasteiger partial charge in [-0.3, -0.25) is 4.57 Å². The molecule has 0 aliphatic rings. The molecule has 0 aliphatic heterocycles. The molecule has 0 saturated carbocycles. The number of nitrogens with one attached hydrogen (secondary N) is 1. The zero-order valence-corrected chi connectivity index (χ0v) is 10.0. The summed E-state index contributed by atoms with van der Waals surface area (Å²) in [4.78, 5) is 14.6. The van der Waals surface area contributed by atoms with Crippen LogP contribution in [0, 0.1) is 5.41 Å². The predicted molar refractivity (Wildman–Crippen MR) is 67.8 cm³/mol. The number of benzene rings is 1. The van der Waals surface area contributed by atoms with Gasteiger partial charge in [0, 0.05) is 24.3 Å². The maximum absolute atomic E-state index is 11.8. The number of aliphatic hydroxyl groups is 1. The van der Waals surface area contributed by atoms with Crippen molar-refractivity contribution in [1.29, 1.82) is 0 Å². The third kappa shape index (κ3) is 2.19. The molecule has 92 valence electrons. The van der Waals surface area contributed by atoms with Crippen LogP contribution in [0.5, 0.6) is 0 Å². The van der Waals surface area contributed by atoms with E-state index in [1.54, 1.807) is 16.7 Å². The molecule has 5 heteroatoms. The molecule has 1 aromatic heterocycles. The van der Waals surface area contributed by atoms with Crippen molar-refractivity contribution in [3.8, 4) is 0 Å². The molecule has 0 atom stereocenters. The molecular weight excluding hydrogens is 218 g/mol. The zero-order chi connectivity index (χ0) is 12.6. The van der Waals surface area contributed by atoms with Crippen LogP contribution in [-0.4, -0.2) is 21.3 Å². The van der Waals surface area contributed by atoms with Gasteiger partial charge in [-0.05, 0) is 18.2 Å². The van der Waals surface area contributed by atoms with E-state index in [1.165, 1.54) is 0 Å². The Hall–Kier alpha value is -1.75. The monoisotopic (exact) mass is 235 g/mol. The van der Waals surface area contributed by atoms with E-state index in [0.29, 0.717) is 12.2 Å². The molecule has 2 rings (SSSR count). The van der Waals surface area contributed by atoms with Crippen molar-refractivity contribution in [1.82, 2.24) is 9.55 Å². The minimum Gasteiger partial charge on any atom is -0.399 e. The summed E-state index contributed by atoms with van der Waals surface area (Å²) in [6.07, 6.45) is 0. The molecule has 0 saturated heterocycles. The highest BCUT2D eigenvalue weighted by Crippen LogP contribution is 2.20. The summed E-state index contributed by atoms with van der Waals surface area (Å²) < 4.78 is 1.63. The molecule has 1 aromatic carbocycles. The Labute approximate surface area is 98.9 Å². The summed E-state index contributed by atoms with van der Waals surface area (Å²) in [6.45, 7) is 4.32. The number of hydrogen-bond acceptors (Lipinski definition) is 3. The fourth-order valence-electron chi connectivity index (χ4n) is 1.82. The number of aromatic nitrogens is 2. The van der Waals surface area contributed by atoms with Gasteiger partial charge in [-0.15, -0.1) is 0 Å². The third-order valence-corrected chi connectivity index (χ3v) is 2.81. The molecule has 4 N–H and O–H groups in total. The molecule has 1 heterocycles. The Morgan fingerprint density at radius 3 is 2.82 bits per heavy atom. The van der Waals surface area contributed by atoms with Crippen molar-refractivity contribution in [2.45, 2.75) is 20.4 Å². The number of hydrogen-bond donors (Lipinski definition) is 3. The average molecular weight is 235 g/mol. The fourth-order valence-corrected chi connectivity index (χ4v) is 1.82. The van der Waals surface area contributed by atoms with Crippen molar-refractivity contribution in [3.63, 3.8) is 0 Å². The number of H-pyrrole nitrogens is 1. The maximum atomic E-state index is 11.8. The topological polar surface area (TPSA) is 84.0 Å². The van der Waals surface area contributed by atoms with Crippen molar-refractivity contribution >= 4 is 16.7 Å². The third-order valence-electron chi connectivity index (χ3n) is 2.81. The van der Waals surface area contributed by atoms with Crippen LogP contribution in [0.15, 0.2) is 23.0 Å². The lowest BCUT2D eigenvalue weighted by molar-refractivity contribution is 0.141. The predicted octanol–water partition coefficient (Wildman–Crippen LogP) is 0.930. The number of nitrogens with two attached hydrogens (primary N) is 1. The summed E-state index contributed by atoms with van der Waals surface area (Å²) in [5.74, 6) is 0. The van der Waals surface area contributed by atoms with Gasteiger partial charge in [0.05, 0.1) is 11.0 Å². The van der Waals surface area contributed by atoms with Crippen molar-refractivity contribution in [2.24, 2.45) is 5.41 Å². The number of aromatic amines is 1. The summed E-state index contributed by atoms with van der Waals surface area (Å²) >= 11 is 0. The quantitative estimate of drug-likeness (QED) is 0.692. The number of aliphatic hydroxyl groups excluding tert-OH is 1. The molecule has 5 nitrogen and oxygen atoms in total. The Balaban J connectivity index is 2.54. The summed E-state index contributed by atoms with van der Waals surface area (Å²) in [5, 5.41) is 9.25. The van der Waals surface area contributed by atoms with Crippen LogP contribution in [0.3, 0.4) is 0 Å². The van der Waals surface area contributed by atoms with E-state index in [1.807, 2.05) is 19.9 Å². The Bertz CT molecular complexity index is 595. The average Bonchev–Trinajstić information content (AvgIpc) is 2.54. The summed E-state index contributed by atoms with van der Waals surface area (Å²) in [5.41, 5.74) is 7.31. The first-order valence-electron chi connectivity index (χ1n) is 5.52. The van der Waals surface area contributed by atoms with Gasteiger partial charge >= 0.3 is 5.69 Å². The van der Waals surface area contributed by atoms with Crippen LogP contribution >= 0.6 is 0 Å². The highest BCUT2D eigenvalue weighted by atomic mass is 16.3. The summed E-state index contributed by atoms with van der Waals surface area (Å²) in [6, 6.07) is 5.31. The van der Waals surface area contributed by atoms with Crippen LogP contribution in [-0.2, 0) is 6.54 Å². The SMILES string of the molecule is CC(C)(CO)Cn1c(=O)[nH]c2cc(N)ccc21. The van der Waals surface area contributed by atoms with E-state index in [4.69, 9.17) is 5.73 Å². The first-order chi connectivity index (χ1) is 7.93. The zero-order valence-electron chi connectivity index (χ0n) is 10.0. The van der Waals surface area contributed by atoms with Crippen molar-refractivity contribution in [3.05, 3.63) is 28.7 Å². The van der Waals surface area contributed by atoms with Gasteiger partial charge in [-0.2, -0.15) is 0 Å². The summed E-state index contributed by atoms with van der Waals surface area (Å²) in [7, 11) is 0. The number of rotatable bonds is 3. The van der Waals surface area contributed by atoms with Crippen LogP contribution in [0.4, 0.5) is 5.69 Å². The van der Waals surface area contributed by atoms with Crippen LogP contribution in [0.25, 0.3) is 11.0 Å². The van der Waals surface area contributed by atoms with Crippen LogP contribution < -0.4 is 11.4 Å². The highest BCUT2D eigenvalue weighted by molar-refractivity contribution is 5.78. The van der Waals surface area contributed by atoms with Crippen molar-refractivity contribution < 1.29 is 5.11 Å². The molecule has 0 fully saturated rings. The number of nitrogen functional groups attached to an aromatic ring is 1. The molecule has 0 unspecified atom stereocenters. The van der Waals surface area contributed by atoms with Gasteiger partial charge in [-0.1, -0.05) is 13.8 Å². The van der Waals surface area contributed by atoms with Gasteiger partial charge in [0.1, 0.15) is 0 Å².